The highest BCUT2D eigenvalue weighted by Gasteiger charge is 2.01. The van der Waals surface area contributed by atoms with E-state index in [4.69, 9.17) is 0 Å². The zero-order valence-electron chi connectivity index (χ0n) is 5.17. The predicted octanol–water partition coefficient (Wildman–Crippen LogP) is 1.43. The van der Waals surface area contributed by atoms with Gasteiger partial charge in [0.05, 0.1) is 15.3 Å². The normalized spacial score (nSPS) is 9.00. The summed E-state index contributed by atoms with van der Waals surface area (Å²) in [4.78, 5) is 10.2. The van der Waals surface area contributed by atoms with Gasteiger partial charge in [0.25, 0.3) is 0 Å². The molecular formula is C4H9O3P. The van der Waals surface area contributed by atoms with Gasteiger partial charge in [-0.15, -0.1) is 0 Å². The molecule has 0 aromatic rings. The molecule has 0 aromatic carbocycles. The Morgan fingerprint density at radius 1 is 1.50 bits per heavy atom. The van der Waals surface area contributed by atoms with Crippen molar-refractivity contribution in [2.75, 3.05) is 20.4 Å². The molecule has 0 N–H and O–H groups in total. The molecule has 0 bridgehead atoms. The Morgan fingerprint density at radius 2 is 2.00 bits per heavy atom. The fourth-order valence-corrected chi connectivity index (χ4v) is 0.559. The van der Waals surface area contributed by atoms with Crippen LogP contribution in [-0.2, 0) is 9.26 Å². The van der Waals surface area contributed by atoms with Gasteiger partial charge in [-0.25, -0.2) is 4.79 Å². The molecular weight excluding hydrogens is 127 g/mol. The number of carbonyl (C=O) groups excluding carboxylic acids is 1. The first-order chi connectivity index (χ1) is 3.66. The quantitative estimate of drug-likeness (QED) is 0.404. The van der Waals surface area contributed by atoms with Gasteiger partial charge in [-0.05, 0) is 13.3 Å². The summed E-state index contributed by atoms with van der Waals surface area (Å²) in [6.07, 6.45) is -0.596. The lowest BCUT2D eigenvalue weighted by Crippen LogP contribution is -1.98. The van der Waals surface area contributed by atoms with Crippen molar-refractivity contribution in [2.45, 2.75) is 0 Å². The highest BCUT2D eigenvalue weighted by molar-refractivity contribution is 7.51. The van der Waals surface area contributed by atoms with Crippen molar-refractivity contribution in [3.05, 3.63) is 0 Å². The molecule has 0 radical (unpaired) electrons. The molecule has 4 heteroatoms. The minimum atomic E-state index is -0.620. The lowest BCUT2D eigenvalue weighted by atomic mass is 11.4. The molecule has 48 valence electrons. The average molecular weight is 136 g/mol. The largest absolute Gasteiger partial charge is 0.510 e. The van der Waals surface area contributed by atoms with Gasteiger partial charge in [-0.3, -0.25) is 0 Å². The second-order valence-corrected chi connectivity index (χ2v) is 3.17. The first-order valence-electron chi connectivity index (χ1n) is 2.10. The molecule has 0 rings (SSSR count). The summed E-state index contributed by atoms with van der Waals surface area (Å²) in [5.41, 5.74) is 0. The number of hydrogen-bond acceptors (Lipinski definition) is 3. The maximum absolute atomic E-state index is 10.2. The van der Waals surface area contributed by atoms with Crippen LogP contribution in [0.2, 0.25) is 0 Å². The van der Waals surface area contributed by atoms with E-state index in [0.29, 0.717) is 0 Å². The molecule has 0 aliphatic rings. The fraction of sp³-hybridized carbons (Fsp3) is 0.750. The fourth-order valence-electron chi connectivity index (χ4n) is 0.186. The van der Waals surface area contributed by atoms with Gasteiger partial charge in [0.1, 0.15) is 0 Å². The molecule has 0 aliphatic heterocycles. The number of hydrogen-bond donors (Lipinski definition) is 0. The van der Waals surface area contributed by atoms with Gasteiger partial charge in [0, 0.05) is 0 Å². The zero-order valence-corrected chi connectivity index (χ0v) is 6.07. The van der Waals surface area contributed by atoms with Gasteiger partial charge in [-0.1, -0.05) is 0 Å². The Labute approximate surface area is 49.8 Å². The van der Waals surface area contributed by atoms with Crippen LogP contribution in [0.4, 0.5) is 4.79 Å². The molecule has 0 heterocycles. The van der Waals surface area contributed by atoms with Crippen LogP contribution in [0.3, 0.4) is 0 Å². The van der Waals surface area contributed by atoms with Crippen molar-refractivity contribution in [1.82, 2.24) is 0 Å². The van der Waals surface area contributed by atoms with Crippen molar-refractivity contribution in [2.24, 2.45) is 0 Å². The first kappa shape index (κ1) is 7.70. The van der Waals surface area contributed by atoms with E-state index < -0.39 is 14.3 Å². The zero-order chi connectivity index (χ0) is 6.57. The summed E-state index contributed by atoms with van der Waals surface area (Å²) in [5.74, 6) is 0. The molecule has 0 saturated heterocycles. The van der Waals surface area contributed by atoms with Crippen LogP contribution >= 0.6 is 8.15 Å². The lowest BCUT2D eigenvalue weighted by molar-refractivity contribution is 0.127. The highest BCUT2D eigenvalue weighted by atomic mass is 31.1. The molecule has 0 fully saturated rings. The topological polar surface area (TPSA) is 35.5 Å². The summed E-state index contributed by atoms with van der Waals surface area (Å²) in [6, 6.07) is 0. The first-order valence-corrected chi connectivity index (χ1v) is 4.25. The molecule has 0 amide bonds. The predicted molar refractivity (Wildman–Crippen MR) is 32.3 cm³/mol. The summed E-state index contributed by atoms with van der Waals surface area (Å²) in [5, 5.41) is 0. The van der Waals surface area contributed by atoms with E-state index in [0.717, 1.165) is 0 Å². The Morgan fingerprint density at radius 3 is 2.12 bits per heavy atom. The molecule has 0 atom stereocenters. The third-order valence-electron chi connectivity index (χ3n) is 0.424. The van der Waals surface area contributed by atoms with Gasteiger partial charge < -0.3 is 9.26 Å². The maximum Gasteiger partial charge on any atom is 0.510 e. The molecule has 0 saturated carbocycles. The minimum absolute atomic E-state index is 0.596. The number of rotatable bonds is 1. The van der Waals surface area contributed by atoms with Crippen LogP contribution in [0.1, 0.15) is 0 Å². The Balaban J connectivity index is 3.25. The molecule has 0 aromatic heterocycles. The van der Waals surface area contributed by atoms with Crippen LogP contribution in [-0.4, -0.2) is 26.6 Å². The minimum Gasteiger partial charge on any atom is -0.437 e. The number of methoxy groups -OCH3 is 1. The third-order valence-corrected chi connectivity index (χ3v) is 0.938. The number of carbonyl (C=O) groups is 1. The van der Waals surface area contributed by atoms with Crippen LogP contribution in [0.15, 0.2) is 0 Å². The number of ether oxygens (including phenoxy) is 1. The summed E-state index contributed by atoms with van der Waals surface area (Å²) >= 11 is 0. The maximum atomic E-state index is 10.2. The Kier molecular flexibility index (Phi) is 3.53. The SMILES string of the molecule is COC(=O)OP(C)C. The van der Waals surface area contributed by atoms with Gasteiger partial charge >= 0.3 is 6.16 Å². The van der Waals surface area contributed by atoms with E-state index in [2.05, 4.69) is 9.26 Å². The van der Waals surface area contributed by atoms with Crippen LogP contribution < -0.4 is 0 Å². The van der Waals surface area contributed by atoms with Crippen molar-refractivity contribution in [3.63, 3.8) is 0 Å². The van der Waals surface area contributed by atoms with Gasteiger partial charge in [0.15, 0.2) is 0 Å². The molecule has 3 nitrogen and oxygen atoms in total. The molecule has 0 spiro atoms. The second-order valence-electron chi connectivity index (χ2n) is 1.36. The molecule has 0 aliphatic carbocycles. The molecule has 8 heavy (non-hydrogen) atoms. The van der Waals surface area contributed by atoms with Crippen molar-refractivity contribution >= 4 is 14.3 Å². The van der Waals surface area contributed by atoms with Crippen LogP contribution in [0.25, 0.3) is 0 Å². The van der Waals surface area contributed by atoms with E-state index in [1.165, 1.54) is 7.11 Å². The van der Waals surface area contributed by atoms with E-state index >= 15 is 0 Å². The van der Waals surface area contributed by atoms with Gasteiger partial charge in [0.2, 0.25) is 0 Å². The lowest BCUT2D eigenvalue weighted by Gasteiger charge is -2.03. The monoisotopic (exact) mass is 136 g/mol. The highest BCUT2D eigenvalue weighted by Crippen LogP contribution is 2.25. The smallest absolute Gasteiger partial charge is 0.437 e. The van der Waals surface area contributed by atoms with Crippen molar-refractivity contribution < 1.29 is 14.1 Å². The van der Waals surface area contributed by atoms with Crippen molar-refractivity contribution in [1.29, 1.82) is 0 Å². The second kappa shape index (κ2) is 3.67. The summed E-state index contributed by atoms with van der Waals surface area (Å²) in [7, 11) is 0.673. The van der Waals surface area contributed by atoms with Gasteiger partial charge in [-0.2, -0.15) is 0 Å². The molecule has 0 unspecified atom stereocenters. The summed E-state index contributed by atoms with van der Waals surface area (Å²) < 4.78 is 8.82. The average Bonchev–Trinajstić information content (AvgIpc) is 1.65. The third kappa shape index (κ3) is 3.88. The standard InChI is InChI=1S/C4H9O3P/c1-6-4(5)7-8(2)3/h1-3H3. The van der Waals surface area contributed by atoms with E-state index in [-0.39, 0.29) is 0 Å². The van der Waals surface area contributed by atoms with E-state index in [9.17, 15) is 4.79 Å². The Bertz CT molecular complexity index is 81.4. The van der Waals surface area contributed by atoms with Crippen LogP contribution in [0.5, 0.6) is 0 Å². The Hall–Kier alpha value is -0.300. The van der Waals surface area contributed by atoms with E-state index in [1.54, 1.807) is 0 Å². The van der Waals surface area contributed by atoms with Crippen LogP contribution in [0, 0.1) is 0 Å². The summed E-state index contributed by atoms with van der Waals surface area (Å²) in [6.45, 7) is 3.65. The van der Waals surface area contributed by atoms with Crippen molar-refractivity contribution in [3.8, 4) is 0 Å². The van der Waals surface area contributed by atoms with E-state index in [1.807, 2.05) is 13.3 Å².